The van der Waals surface area contributed by atoms with Crippen LogP contribution in [0.1, 0.15) is 32.6 Å². The molecule has 3 nitrogen and oxygen atoms in total. The molecule has 0 aromatic rings. The van der Waals surface area contributed by atoms with E-state index in [2.05, 4.69) is 35.1 Å². The molecule has 2 heterocycles. The Kier molecular flexibility index (Phi) is 6.62. The topological polar surface area (TPSA) is 9.72 Å². The molecule has 3 heteroatoms. The SMILES string of the molecule is CCN1CCC([CH]CCCN2CCN(C)CC2)CC1. The zero-order valence-corrected chi connectivity index (χ0v) is 13.0. The maximum absolute atomic E-state index is 2.63. The summed E-state index contributed by atoms with van der Waals surface area (Å²) in [5, 5.41) is 0. The van der Waals surface area contributed by atoms with Crippen molar-refractivity contribution in [2.75, 3.05) is 59.4 Å². The van der Waals surface area contributed by atoms with E-state index in [9.17, 15) is 0 Å². The third kappa shape index (κ3) is 5.41. The lowest BCUT2D eigenvalue weighted by molar-refractivity contribution is 0.152. The van der Waals surface area contributed by atoms with Crippen molar-refractivity contribution < 1.29 is 0 Å². The van der Waals surface area contributed by atoms with E-state index in [0.717, 1.165) is 5.92 Å². The molecule has 0 bridgehead atoms. The molecule has 1 radical (unpaired) electrons. The molecule has 2 rings (SSSR count). The summed E-state index contributed by atoms with van der Waals surface area (Å²) < 4.78 is 0. The van der Waals surface area contributed by atoms with Crippen molar-refractivity contribution in [1.29, 1.82) is 0 Å². The molecule has 0 N–H and O–H groups in total. The lowest BCUT2D eigenvalue weighted by Gasteiger charge is -2.33. The molecule has 0 aromatic heterocycles. The van der Waals surface area contributed by atoms with Gasteiger partial charge in [0.25, 0.3) is 0 Å². The Morgan fingerprint density at radius 2 is 1.63 bits per heavy atom. The number of rotatable bonds is 6. The smallest absolute Gasteiger partial charge is 0.0110 e. The number of piperidine rings is 1. The number of unbranched alkanes of at least 4 members (excludes halogenated alkanes) is 1. The molecule has 0 atom stereocenters. The highest BCUT2D eigenvalue weighted by Crippen LogP contribution is 2.21. The standard InChI is InChI=1S/C16H32N3/c1-3-18-10-7-16(8-11-18)6-4-5-9-19-14-12-17(2)13-15-19/h6,16H,3-5,7-15H2,1-2H3. The van der Waals surface area contributed by atoms with E-state index in [1.807, 2.05) is 0 Å². The third-order valence-electron chi connectivity index (χ3n) is 4.85. The predicted molar refractivity (Wildman–Crippen MR) is 82.3 cm³/mol. The van der Waals surface area contributed by atoms with E-state index in [1.54, 1.807) is 0 Å². The van der Waals surface area contributed by atoms with Crippen molar-refractivity contribution in [3.8, 4) is 0 Å². The quantitative estimate of drug-likeness (QED) is 0.680. The largest absolute Gasteiger partial charge is 0.304 e. The Hall–Kier alpha value is -0.120. The van der Waals surface area contributed by atoms with Gasteiger partial charge in [-0.2, -0.15) is 0 Å². The van der Waals surface area contributed by atoms with Crippen LogP contribution in [0.4, 0.5) is 0 Å². The van der Waals surface area contributed by atoms with Gasteiger partial charge in [-0.1, -0.05) is 6.92 Å². The van der Waals surface area contributed by atoms with Crippen molar-refractivity contribution >= 4 is 0 Å². The molecular weight excluding hydrogens is 234 g/mol. The van der Waals surface area contributed by atoms with Crippen molar-refractivity contribution in [2.24, 2.45) is 5.92 Å². The molecular formula is C16H32N3. The minimum atomic E-state index is 0.898. The van der Waals surface area contributed by atoms with Crippen molar-refractivity contribution in [3.63, 3.8) is 0 Å². The fourth-order valence-electron chi connectivity index (χ4n) is 3.24. The average molecular weight is 266 g/mol. The molecule has 0 amide bonds. The average Bonchev–Trinajstić information content (AvgIpc) is 2.46. The molecule has 0 unspecified atom stereocenters. The molecule has 0 aromatic carbocycles. The van der Waals surface area contributed by atoms with E-state index in [-0.39, 0.29) is 0 Å². The maximum atomic E-state index is 2.63. The zero-order chi connectivity index (χ0) is 13.5. The Morgan fingerprint density at radius 3 is 2.26 bits per heavy atom. The Morgan fingerprint density at radius 1 is 0.947 bits per heavy atom. The summed E-state index contributed by atoms with van der Waals surface area (Å²) in [4.78, 5) is 7.65. The summed E-state index contributed by atoms with van der Waals surface area (Å²) in [5.41, 5.74) is 0. The van der Waals surface area contributed by atoms with Crippen LogP contribution in [0.15, 0.2) is 0 Å². The van der Waals surface area contributed by atoms with Gasteiger partial charge in [0.1, 0.15) is 0 Å². The molecule has 0 spiro atoms. The molecule has 0 aliphatic carbocycles. The second-order valence-electron chi connectivity index (χ2n) is 6.29. The predicted octanol–water partition coefficient (Wildman–Crippen LogP) is 1.95. The molecule has 2 aliphatic heterocycles. The number of likely N-dealkylation sites (N-methyl/N-ethyl adjacent to an activating group) is 1. The van der Waals surface area contributed by atoms with Gasteiger partial charge >= 0.3 is 0 Å². The molecule has 111 valence electrons. The fraction of sp³-hybridized carbons (Fsp3) is 0.938. The Balaban J connectivity index is 1.48. The van der Waals surface area contributed by atoms with Crippen molar-refractivity contribution in [3.05, 3.63) is 6.42 Å². The van der Waals surface area contributed by atoms with Gasteiger partial charge < -0.3 is 14.7 Å². The van der Waals surface area contributed by atoms with Crippen LogP contribution in [-0.4, -0.2) is 74.1 Å². The minimum absolute atomic E-state index is 0.898. The molecule has 0 saturated carbocycles. The third-order valence-corrected chi connectivity index (χ3v) is 4.85. The van der Waals surface area contributed by atoms with Crippen molar-refractivity contribution in [1.82, 2.24) is 14.7 Å². The first-order chi connectivity index (χ1) is 9.28. The summed E-state index contributed by atoms with van der Waals surface area (Å²) in [6.45, 7) is 12.5. The number of piperazine rings is 1. The summed E-state index contributed by atoms with van der Waals surface area (Å²) in [6, 6.07) is 0. The first-order valence-electron chi connectivity index (χ1n) is 8.24. The van der Waals surface area contributed by atoms with E-state index in [4.69, 9.17) is 0 Å². The Labute approximate surface area is 119 Å². The number of hydrogen-bond donors (Lipinski definition) is 0. The lowest BCUT2D eigenvalue weighted by Crippen LogP contribution is -2.44. The monoisotopic (exact) mass is 266 g/mol. The minimum Gasteiger partial charge on any atom is -0.304 e. The van der Waals surface area contributed by atoms with E-state index in [1.165, 1.54) is 78.0 Å². The highest BCUT2D eigenvalue weighted by molar-refractivity contribution is 4.82. The second kappa shape index (κ2) is 8.23. The maximum Gasteiger partial charge on any atom is 0.0110 e. The van der Waals surface area contributed by atoms with Crippen LogP contribution in [-0.2, 0) is 0 Å². The summed E-state index contributed by atoms with van der Waals surface area (Å²) >= 11 is 0. The normalized spacial score (nSPS) is 24.9. The van der Waals surface area contributed by atoms with Crippen molar-refractivity contribution in [2.45, 2.75) is 32.6 Å². The van der Waals surface area contributed by atoms with Crippen LogP contribution >= 0.6 is 0 Å². The number of likely N-dealkylation sites (tertiary alicyclic amines) is 1. The van der Waals surface area contributed by atoms with Gasteiger partial charge in [0.05, 0.1) is 0 Å². The van der Waals surface area contributed by atoms with E-state index >= 15 is 0 Å². The van der Waals surface area contributed by atoms with Crippen LogP contribution in [0, 0.1) is 12.3 Å². The lowest BCUT2D eigenvalue weighted by atomic mass is 9.91. The van der Waals surface area contributed by atoms with Gasteiger partial charge in [-0.05, 0) is 71.2 Å². The van der Waals surface area contributed by atoms with Crippen LogP contribution in [0.2, 0.25) is 0 Å². The molecule has 2 aliphatic rings. The number of hydrogen-bond acceptors (Lipinski definition) is 3. The second-order valence-corrected chi connectivity index (χ2v) is 6.29. The summed E-state index contributed by atoms with van der Waals surface area (Å²) in [5.74, 6) is 0.898. The van der Waals surface area contributed by atoms with Gasteiger partial charge in [-0.15, -0.1) is 0 Å². The van der Waals surface area contributed by atoms with E-state index in [0.29, 0.717) is 0 Å². The molecule has 19 heavy (non-hydrogen) atoms. The molecule has 2 fully saturated rings. The van der Waals surface area contributed by atoms with Crippen LogP contribution in [0.25, 0.3) is 0 Å². The fourth-order valence-corrected chi connectivity index (χ4v) is 3.24. The summed E-state index contributed by atoms with van der Waals surface area (Å²) in [7, 11) is 2.23. The van der Waals surface area contributed by atoms with E-state index < -0.39 is 0 Å². The van der Waals surface area contributed by atoms with Crippen LogP contribution in [0.5, 0.6) is 0 Å². The van der Waals surface area contributed by atoms with Gasteiger partial charge in [-0.25, -0.2) is 0 Å². The van der Waals surface area contributed by atoms with Gasteiger partial charge in [-0.3, -0.25) is 0 Å². The first-order valence-corrected chi connectivity index (χ1v) is 8.24. The highest BCUT2D eigenvalue weighted by Gasteiger charge is 2.18. The van der Waals surface area contributed by atoms with Crippen LogP contribution < -0.4 is 0 Å². The van der Waals surface area contributed by atoms with Gasteiger partial charge in [0, 0.05) is 26.2 Å². The molecule has 2 saturated heterocycles. The highest BCUT2D eigenvalue weighted by atomic mass is 15.2. The van der Waals surface area contributed by atoms with Gasteiger partial charge in [0.2, 0.25) is 0 Å². The zero-order valence-electron chi connectivity index (χ0n) is 13.0. The van der Waals surface area contributed by atoms with Crippen LogP contribution in [0.3, 0.4) is 0 Å². The number of nitrogens with zero attached hydrogens (tertiary/aromatic N) is 3. The summed E-state index contributed by atoms with van der Waals surface area (Å²) in [6.07, 6.45) is 8.08. The van der Waals surface area contributed by atoms with Gasteiger partial charge in [0.15, 0.2) is 0 Å². The Bertz CT molecular complexity index is 228. The first kappa shape index (κ1) is 15.3.